The molecule has 1 aromatic heterocycles. The molecular weight excluding hydrogens is 256 g/mol. The number of nitrogens with zero attached hydrogens (tertiary/aromatic N) is 1. The van der Waals surface area contributed by atoms with Gasteiger partial charge in [0.1, 0.15) is 0 Å². The first-order valence-corrected chi connectivity index (χ1v) is 6.66. The zero-order valence-corrected chi connectivity index (χ0v) is 11.2. The highest BCUT2D eigenvalue weighted by Gasteiger charge is 2.13. The standard InChI is InChI=1S/C15H18N2O3/c18-11-8-13(12-4-2-1-3-5-12)6-9-16-15(19)14-7-10-17-20-14/h1-5,7,10,13,18H,6,8-9,11H2,(H,16,19). The molecule has 20 heavy (non-hydrogen) atoms. The van der Waals surface area contributed by atoms with E-state index in [1.54, 1.807) is 0 Å². The quantitative estimate of drug-likeness (QED) is 0.809. The number of benzene rings is 1. The van der Waals surface area contributed by atoms with Crippen LogP contribution in [0.2, 0.25) is 0 Å². The smallest absolute Gasteiger partial charge is 0.289 e. The third-order valence-corrected chi connectivity index (χ3v) is 3.19. The minimum Gasteiger partial charge on any atom is -0.396 e. The Morgan fingerprint density at radius 2 is 2.05 bits per heavy atom. The van der Waals surface area contributed by atoms with Crippen LogP contribution in [0.1, 0.15) is 34.9 Å². The maximum absolute atomic E-state index is 11.7. The van der Waals surface area contributed by atoms with Gasteiger partial charge in [-0.05, 0) is 24.3 Å². The van der Waals surface area contributed by atoms with Crippen molar-refractivity contribution in [2.24, 2.45) is 0 Å². The summed E-state index contributed by atoms with van der Waals surface area (Å²) < 4.78 is 4.78. The number of aliphatic hydroxyl groups excluding tert-OH is 1. The van der Waals surface area contributed by atoms with Gasteiger partial charge in [-0.25, -0.2) is 0 Å². The van der Waals surface area contributed by atoms with Crippen LogP contribution in [0.25, 0.3) is 0 Å². The Kier molecular flexibility index (Phi) is 5.32. The van der Waals surface area contributed by atoms with Crippen molar-refractivity contribution >= 4 is 5.91 Å². The first kappa shape index (κ1) is 14.3. The summed E-state index contributed by atoms with van der Waals surface area (Å²) in [6.07, 6.45) is 2.89. The summed E-state index contributed by atoms with van der Waals surface area (Å²) in [5.41, 5.74) is 1.18. The molecule has 0 fully saturated rings. The lowest BCUT2D eigenvalue weighted by molar-refractivity contribution is 0.0915. The third-order valence-electron chi connectivity index (χ3n) is 3.19. The number of nitrogens with one attached hydrogen (secondary N) is 1. The van der Waals surface area contributed by atoms with E-state index in [-0.39, 0.29) is 24.2 Å². The van der Waals surface area contributed by atoms with Gasteiger partial charge in [0.25, 0.3) is 5.91 Å². The molecule has 0 spiro atoms. The Labute approximate surface area is 117 Å². The van der Waals surface area contributed by atoms with Crippen molar-refractivity contribution < 1.29 is 14.4 Å². The van der Waals surface area contributed by atoms with Crippen LogP contribution in [0, 0.1) is 0 Å². The van der Waals surface area contributed by atoms with Crippen molar-refractivity contribution in [1.29, 1.82) is 0 Å². The summed E-state index contributed by atoms with van der Waals surface area (Å²) in [5, 5.41) is 15.4. The minimum atomic E-state index is -0.265. The topological polar surface area (TPSA) is 75.4 Å². The minimum absolute atomic E-state index is 0.135. The Balaban J connectivity index is 1.85. The highest BCUT2D eigenvalue weighted by atomic mass is 16.5. The van der Waals surface area contributed by atoms with Crippen molar-refractivity contribution in [2.45, 2.75) is 18.8 Å². The number of aliphatic hydroxyl groups is 1. The zero-order chi connectivity index (χ0) is 14.2. The second kappa shape index (κ2) is 7.45. The monoisotopic (exact) mass is 274 g/mol. The van der Waals surface area contributed by atoms with Gasteiger partial charge >= 0.3 is 0 Å². The number of rotatable bonds is 7. The molecule has 1 unspecified atom stereocenters. The van der Waals surface area contributed by atoms with Crippen LogP contribution in [0.15, 0.2) is 47.1 Å². The molecule has 0 bridgehead atoms. The van der Waals surface area contributed by atoms with E-state index in [0.717, 1.165) is 6.42 Å². The first-order chi connectivity index (χ1) is 9.81. The number of hydrogen-bond donors (Lipinski definition) is 2. The van der Waals surface area contributed by atoms with Crippen LogP contribution < -0.4 is 5.32 Å². The van der Waals surface area contributed by atoms with E-state index in [1.165, 1.54) is 17.8 Å². The molecule has 5 nitrogen and oxygen atoms in total. The van der Waals surface area contributed by atoms with E-state index in [0.29, 0.717) is 13.0 Å². The number of carbonyl (C=O) groups excluding carboxylic acids is 1. The molecule has 0 radical (unpaired) electrons. The molecule has 0 aliphatic carbocycles. The predicted molar refractivity (Wildman–Crippen MR) is 74.3 cm³/mol. The fraction of sp³-hybridized carbons (Fsp3) is 0.333. The van der Waals surface area contributed by atoms with E-state index in [2.05, 4.69) is 10.5 Å². The summed E-state index contributed by atoms with van der Waals surface area (Å²) in [6.45, 7) is 0.661. The highest BCUT2D eigenvalue weighted by Crippen LogP contribution is 2.22. The molecule has 2 rings (SSSR count). The predicted octanol–water partition coefficient (Wildman–Crippen LogP) is 1.96. The average molecular weight is 274 g/mol. The average Bonchev–Trinajstić information content (AvgIpc) is 3.01. The van der Waals surface area contributed by atoms with Crippen molar-refractivity contribution in [2.75, 3.05) is 13.2 Å². The van der Waals surface area contributed by atoms with Crippen LogP contribution in [-0.4, -0.2) is 29.3 Å². The largest absolute Gasteiger partial charge is 0.396 e. The zero-order valence-electron chi connectivity index (χ0n) is 11.2. The first-order valence-electron chi connectivity index (χ1n) is 6.66. The van der Waals surface area contributed by atoms with Gasteiger partial charge in [-0.1, -0.05) is 35.5 Å². The maximum Gasteiger partial charge on any atom is 0.289 e. The van der Waals surface area contributed by atoms with Crippen molar-refractivity contribution in [3.8, 4) is 0 Å². The molecular formula is C15H18N2O3. The third kappa shape index (κ3) is 3.93. The number of carbonyl (C=O) groups is 1. The molecule has 0 aliphatic rings. The Hall–Kier alpha value is -2.14. The summed E-state index contributed by atoms with van der Waals surface area (Å²) in [6, 6.07) is 11.5. The lowest BCUT2D eigenvalue weighted by Gasteiger charge is -2.16. The molecule has 1 aromatic carbocycles. The van der Waals surface area contributed by atoms with Crippen LogP contribution in [0.4, 0.5) is 0 Å². The van der Waals surface area contributed by atoms with E-state index in [1.807, 2.05) is 30.3 Å². The van der Waals surface area contributed by atoms with Gasteiger partial charge in [0.05, 0.1) is 6.20 Å². The fourth-order valence-electron chi connectivity index (χ4n) is 2.14. The van der Waals surface area contributed by atoms with Crippen LogP contribution in [0.5, 0.6) is 0 Å². The Morgan fingerprint density at radius 1 is 1.25 bits per heavy atom. The summed E-state index contributed by atoms with van der Waals surface area (Å²) in [7, 11) is 0. The van der Waals surface area contributed by atoms with Crippen molar-refractivity contribution in [3.05, 3.63) is 53.9 Å². The van der Waals surface area contributed by atoms with Gasteiger partial charge in [-0.15, -0.1) is 0 Å². The number of hydrogen-bond acceptors (Lipinski definition) is 4. The van der Waals surface area contributed by atoms with Crippen LogP contribution in [-0.2, 0) is 0 Å². The maximum atomic E-state index is 11.7. The normalized spacial score (nSPS) is 12.1. The molecule has 1 atom stereocenters. The lowest BCUT2D eigenvalue weighted by Crippen LogP contribution is -2.25. The Morgan fingerprint density at radius 3 is 2.70 bits per heavy atom. The van der Waals surface area contributed by atoms with Gasteiger partial charge in [0.2, 0.25) is 5.76 Å². The molecule has 2 N–H and O–H groups in total. The van der Waals surface area contributed by atoms with Gasteiger partial charge in [0.15, 0.2) is 0 Å². The van der Waals surface area contributed by atoms with Gasteiger partial charge in [-0.3, -0.25) is 4.79 Å². The summed E-state index contributed by atoms with van der Waals surface area (Å²) in [5.74, 6) is 0.179. The summed E-state index contributed by atoms with van der Waals surface area (Å²) >= 11 is 0. The molecule has 5 heteroatoms. The van der Waals surface area contributed by atoms with Gasteiger partial charge in [-0.2, -0.15) is 0 Å². The SMILES string of the molecule is O=C(NCCC(CCO)c1ccccc1)c1ccno1. The van der Waals surface area contributed by atoms with Crippen LogP contribution >= 0.6 is 0 Å². The van der Waals surface area contributed by atoms with E-state index in [4.69, 9.17) is 9.63 Å². The molecule has 106 valence electrons. The molecule has 0 saturated carbocycles. The van der Waals surface area contributed by atoms with Gasteiger partial charge < -0.3 is 14.9 Å². The Bertz CT molecular complexity index is 511. The number of aromatic nitrogens is 1. The molecule has 0 aliphatic heterocycles. The van der Waals surface area contributed by atoms with E-state index in [9.17, 15) is 4.79 Å². The molecule has 0 saturated heterocycles. The second-order valence-electron chi connectivity index (χ2n) is 4.54. The second-order valence-corrected chi connectivity index (χ2v) is 4.54. The summed E-state index contributed by atoms with van der Waals surface area (Å²) in [4.78, 5) is 11.7. The molecule has 1 amide bonds. The molecule has 2 aromatic rings. The van der Waals surface area contributed by atoms with Crippen molar-refractivity contribution in [3.63, 3.8) is 0 Å². The highest BCUT2D eigenvalue weighted by molar-refractivity contribution is 5.91. The molecule has 1 heterocycles. The van der Waals surface area contributed by atoms with Crippen LogP contribution in [0.3, 0.4) is 0 Å². The van der Waals surface area contributed by atoms with E-state index >= 15 is 0 Å². The van der Waals surface area contributed by atoms with Crippen molar-refractivity contribution in [1.82, 2.24) is 10.5 Å². The number of amides is 1. The van der Waals surface area contributed by atoms with Gasteiger partial charge in [0, 0.05) is 19.2 Å². The fourth-order valence-corrected chi connectivity index (χ4v) is 2.14. The lowest BCUT2D eigenvalue weighted by atomic mass is 9.93. The van der Waals surface area contributed by atoms with E-state index < -0.39 is 0 Å².